The van der Waals surface area contributed by atoms with Crippen LogP contribution in [0.3, 0.4) is 0 Å². The van der Waals surface area contributed by atoms with Crippen LogP contribution < -0.4 is 5.32 Å². The van der Waals surface area contributed by atoms with E-state index >= 15 is 0 Å². The highest BCUT2D eigenvalue weighted by atomic mass is 14.9. The molecule has 1 aromatic heterocycles. The Hall–Kier alpha value is -1.85. The summed E-state index contributed by atoms with van der Waals surface area (Å²) in [5.41, 5.74) is 2.34. The zero-order chi connectivity index (χ0) is 12.8. The van der Waals surface area contributed by atoms with Gasteiger partial charge in [-0.1, -0.05) is 24.3 Å². The number of rotatable bonds is 4. The molecule has 1 atom stereocenters. The topological polar surface area (TPSA) is 24.9 Å². The molecule has 0 saturated heterocycles. The van der Waals surface area contributed by atoms with E-state index in [0.29, 0.717) is 6.04 Å². The van der Waals surface area contributed by atoms with Gasteiger partial charge in [0.1, 0.15) is 0 Å². The molecule has 18 heavy (non-hydrogen) atoms. The van der Waals surface area contributed by atoms with E-state index in [4.69, 9.17) is 0 Å². The molecule has 0 fully saturated rings. The van der Waals surface area contributed by atoms with E-state index in [9.17, 15) is 0 Å². The third-order valence-electron chi connectivity index (χ3n) is 3.12. The molecule has 1 N–H and O–H groups in total. The van der Waals surface area contributed by atoms with Crippen molar-refractivity contribution in [3.63, 3.8) is 0 Å². The summed E-state index contributed by atoms with van der Waals surface area (Å²) in [6.07, 6.45) is 3.77. The molecule has 1 unspecified atom stereocenters. The van der Waals surface area contributed by atoms with Gasteiger partial charge in [0.25, 0.3) is 0 Å². The van der Waals surface area contributed by atoms with Gasteiger partial charge in [-0.25, -0.2) is 0 Å². The van der Waals surface area contributed by atoms with Crippen molar-refractivity contribution in [1.29, 1.82) is 0 Å². The lowest BCUT2D eigenvalue weighted by molar-refractivity contribution is 0.561. The Morgan fingerprint density at radius 3 is 2.89 bits per heavy atom. The summed E-state index contributed by atoms with van der Waals surface area (Å²) in [4.78, 5) is 4.50. The maximum absolute atomic E-state index is 4.50. The van der Waals surface area contributed by atoms with Crippen molar-refractivity contribution in [2.24, 2.45) is 0 Å². The van der Waals surface area contributed by atoms with Crippen LogP contribution in [0.4, 0.5) is 0 Å². The number of hydrogen-bond donors (Lipinski definition) is 1. The molecular weight excluding hydrogens is 220 g/mol. The Labute approximate surface area is 108 Å². The number of benzene rings is 1. The first-order valence-corrected chi connectivity index (χ1v) is 6.27. The number of para-hydroxylation sites is 1. The first-order chi connectivity index (χ1) is 8.86. The van der Waals surface area contributed by atoms with Gasteiger partial charge >= 0.3 is 0 Å². The van der Waals surface area contributed by atoms with Crippen LogP contribution in [0.1, 0.15) is 31.4 Å². The van der Waals surface area contributed by atoms with Crippen molar-refractivity contribution >= 4 is 10.9 Å². The van der Waals surface area contributed by atoms with E-state index in [1.54, 1.807) is 0 Å². The van der Waals surface area contributed by atoms with Crippen LogP contribution >= 0.6 is 0 Å². The fraction of sp³-hybridized carbons (Fsp3) is 0.312. The summed E-state index contributed by atoms with van der Waals surface area (Å²) < 4.78 is 0. The largest absolute Gasteiger partial charge is 0.313 e. The van der Waals surface area contributed by atoms with Gasteiger partial charge in [0.05, 0.1) is 5.52 Å². The minimum absolute atomic E-state index is 0.310. The molecule has 0 aliphatic rings. The van der Waals surface area contributed by atoms with Crippen LogP contribution in [0.15, 0.2) is 36.5 Å². The number of nitrogens with one attached hydrogen (secondary N) is 1. The lowest BCUT2D eigenvalue weighted by atomic mass is 9.99. The quantitative estimate of drug-likeness (QED) is 0.827. The van der Waals surface area contributed by atoms with Crippen LogP contribution in [-0.2, 0) is 0 Å². The highest BCUT2D eigenvalue weighted by Crippen LogP contribution is 2.25. The number of fused-ring (bicyclic) bond motifs is 1. The van der Waals surface area contributed by atoms with Gasteiger partial charge in [-0.2, -0.15) is 0 Å². The SMILES string of the molecule is CC#CCCC(NC)c1cccc2cccnc12. The zero-order valence-electron chi connectivity index (χ0n) is 10.9. The van der Waals surface area contributed by atoms with Gasteiger partial charge in [0.15, 0.2) is 0 Å². The molecule has 1 aromatic carbocycles. The standard InChI is InChI=1S/C16H18N2/c1-3-4-5-11-15(17-2)14-10-6-8-13-9-7-12-18-16(13)14/h6-10,12,15,17H,5,11H2,1-2H3. The summed E-state index contributed by atoms with van der Waals surface area (Å²) in [6.45, 7) is 1.88. The second-order valence-corrected chi connectivity index (χ2v) is 4.23. The van der Waals surface area contributed by atoms with E-state index in [1.807, 2.05) is 26.2 Å². The molecule has 0 bridgehead atoms. The molecule has 2 aromatic rings. The Morgan fingerprint density at radius 2 is 2.11 bits per heavy atom. The summed E-state index contributed by atoms with van der Waals surface area (Å²) in [5.74, 6) is 6.06. The van der Waals surface area contributed by atoms with Gasteiger partial charge < -0.3 is 5.32 Å². The summed E-state index contributed by atoms with van der Waals surface area (Å²) >= 11 is 0. The third kappa shape index (κ3) is 2.69. The first-order valence-electron chi connectivity index (χ1n) is 6.27. The maximum Gasteiger partial charge on any atom is 0.0749 e. The molecule has 2 nitrogen and oxygen atoms in total. The van der Waals surface area contributed by atoms with E-state index in [-0.39, 0.29) is 0 Å². The van der Waals surface area contributed by atoms with Crippen molar-refractivity contribution in [3.05, 3.63) is 42.1 Å². The average molecular weight is 238 g/mol. The summed E-state index contributed by atoms with van der Waals surface area (Å²) in [6, 6.07) is 10.7. The predicted octanol–water partition coefficient (Wildman–Crippen LogP) is 3.30. The third-order valence-corrected chi connectivity index (χ3v) is 3.12. The lowest BCUT2D eigenvalue weighted by Crippen LogP contribution is -2.16. The minimum atomic E-state index is 0.310. The van der Waals surface area contributed by atoms with Crippen LogP contribution in [0.2, 0.25) is 0 Å². The number of hydrogen-bond acceptors (Lipinski definition) is 2. The van der Waals surface area contributed by atoms with E-state index < -0.39 is 0 Å². The smallest absolute Gasteiger partial charge is 0.0749 e. The number of aromatic nitrogens is 1. The van der Waals surface area contributed by atoms with Crippen molar-refractivity contribution in [1.82, 2.24) is 10.3 Å². The Morgan fingerprint density at radius 1 is 1.28 bits per heavy atom. The molecule has 92 valence electrons. The molecular formula is C16H18N2. The van der Waals surface area contributed by atoms with Crippen LogP contribution in [-0.4, -0.2) is 12.0 Å². The Bertz CT molecular complexity index is 573. The molecule has 0 aliphatic heterocycles. The van der Waals surface area contributed by atoms with Crippen molar-refractivity contribution in [2.45, 2.75) is 25.8 Å². The monoisotopic (exact) mass is 238 g/mol. The van der Waals surface area contributed by atoms with Crippen LogP contribution in [0, 0.1) is 11.8 Å². The van der Waals surface area contributed by atoms with Gasteiger partial charge in [-0.3, -0.25) is 4.98 Å². The second kappa shape index (κ2) is 6.18. The van der Waals surface area contributed by atoms with Gasteiger partial charge in [0.2, 0.25) is 0 Å². The van der Waals surface area contributed by atoms with E-state index in [1.165, 1.54) is 10.9 Å². The highest BCUT2D eigenvalue weighted by Gasteiger charge is 2.12. The van der Waals surface area contributed by atoms with Crippen molar-refractivity contribution in [3.8, 4) is 11.8 Å². The van der Waals surface area contributed by atoms with E-state index in [0.717, 1.165) is 18.4 Å². The molecule has 0 saturated carbocycles. The summed E-state index contributed by atoms with van der Waals surface area (Å²) in [7, 11) is 1.99. The molecule has 0 radical (unpaired) electrons. The molecule has 2 heteroatoms. The first kappa shape index (κ1) is 12.6. The number of pyridine rings is 1. The number of nitrogens with zero attached hydrogens (tertiary/aromatic N) is 1. The fourth-order valence-corrected chi connectivity index (χ4v) is 2.21. The maximum atomic E-state index is 4.50. The molecule has 2 rings (SSSR count). The van der Waals surface area contributed by atoms with Crippen molar-refractivity contribution < 1.29 is 0 Å². The van der Waals surface area contributed by atoms with Gasteiger partial charge in [0, 0.05) is 24.0 Å². The summed E-state index contributed by atoms with van der Waals surface area (Å²) in [5, 5.41) is 4.55. The van der Waals surface area contributed by atoms with Crippen LogP contribution in [0.5, 0.6) is 0 Å². The normalized spacial score (nSPS) is 11.9. The van der Waals surface area contributed by atoms with Gasteiger partial charge in [-0.15, -0.1) is 11.8 Å². The minimum Gasteiger partial charge on any atom is -0.313 e. The lowest BCUT2D eigenvalue weighted by Gasteiger charge is -2.17. The Kier molecular flexibility index (Phi) is 4.33. The van der Waals surface area contributed by atoms with E-state index in [2.05, 4.69) is 46.4 Å². The molecule has 0 aliphatic carbocycles. The zero-order valence-corrected chi connectivity index (χ0v) is 10.9. The highest BCUT2D eigenvalue weighted by molar-refractivity contribution is 5.81. The fourth-order valence-electron chi connectivity index (χ4n) is 2.21. The molecule has 1 heterocycles. The van der Waals surface area contributed by atoms with Crippen molar-refractivity contribution in [2.75, 3.05) is 7.05 Å². The van der Waals surface area contributed by atoms with Gasteiger partial charge in [-0.05, 0) is 32.0 Å². The Balaban J connectivity index is 2.34. The average Bonchev–Trinajstić information content (AvgIpc) is 2.43. The predicted molar refractivity (Wildman–Crippen MR) is 76.2 cm³/mol. The second-order valence-electron chi connectivity index (χ2n) is 4.23. The molecule has 0 amide bonds. The van der Waals surface area contributed by atoms with Crippen LogP contribution in [0.25, 0.3) is 10.9 Å². The molecule has 0 spiro atoms.